The average molecular weight is 489 g/mol. The number of hydrogen-bond donors (Lipinski definition) is 1. The Morgan fingerprint density at radius 1 is 1.06 bits per heavy atom. The molecule has 6 nitrogen and oxygen atoms in total. The van der Waals surface area contributed by atoms with Gasteiger partial charge in [0.1, 0.15) is 5.76 Å². The number of nitrogens with zero attached hydrogens (tertiary/aromatic N) is 2. The quantitative estimate of drug-likeness (QED) is 0.369. The smallest absolute Gasteiger partial charge is 0.295 e. The summed E-state index contributed by atoms with van der Waals surface area (Å²) in [5.41, 5.74) is 2.09. The molecule has 174 valence electrons. The molecule has 4 rings (SSSR count). The number of likely N-dealkylation sites (tertiary alicyclic amines) is 1. The van der Waals surface area contributed by atoms with Crippen molar-refractivity contribution in [2.75, 3.05) is 39.4 Å². The van der Waals surface area contributed by atoms with Gasteiger partial charge in [-0.25, -0.2) is 0 Å². The largest absolute Gasteiger partial charge is 0.507 e. The van der Waals surface area contributed by atoms with Crippen LogP contribution in [0.15, 0.2) is 48.0 Å². The maximum atomic E-state index is 13.1. The zero-order chi connectivity index (χ0) is 23.5. The van der Waals surface area contributed by atoms with E-state index in [0.717, 1.165) is 25.2 Å². The highest BCUT2D eigenvalue weighted by atomic mass is 35.5. The van der Waals surface area contributed by atoms with Crippen molar-refractivity contribution in [1.82, 2.24) is 9.80 Å². The second-order valence-corrected chi connectivity index (χ2v) is 9.18. The van der Waals surface area contributed by atoms with Crippen LogP contribution >= 0.6 is 23.2 Å². The first-order chi connectivity index (χ1) is 15.9. The maximum Gasteiger partial charge on any atom is 0.295 e. The predicted octanol–water partition coefficient (Wildman–Crippen LogP) is 4.45. The van der Waals surface area contributed by atoms with Crippen LogP contribution < -0.4 is 0 Å². The zero-order valence-corrected chi connectivity index (χ0v) is 19.9. The zero-order valence-electron chi connectivity index (χ0n) is 18.4. The van der Waals surface area contributed by atoms with Crippen LogP contribution in [-0.4, -0.2) is 66.0 Å². The molecule has 1 unspecified atom stereocenters. The first kappa shape index (κ1) is 23.8. The van der Waals surface area contributed by atoms with Crippen molar-refractivity contribution >= 4 is 40.7 Å². The molecular weight excluding hydrogens is 463 g/mol. The number of rotatable bonds is 6. The van der Waals surface area contributed by atoms with Crippen molar-refractivity contribution in [2.24, 2.45) is 0 Å². The summed E-state index contributed by atoms with van der Waals surface area (Å²) >= 11 is 12.6. The molecule has 0 saturated carbocycles. The number of halogens is 2. The number of aryl methyl sites for hydroxylation is 1. The van der Waals surface area contributed by atoms with E-state index in [-0.39, 0.29) is 11.3 Å². The number of carbonyl (C=O) groups is 2. The van der Waals surface area contributed by atoms with Crippen LogP contribution in [0.2, 0.25) is 10.0 Å². The Labute approximate surface area is 203 Å². The van der Waals surface area contributed by atoms with E-state index < -0.39 is 17.7 Å². The van der Waals surface area contributed by atoms with Gasteiger partial charge >= 0.3 is 0 Å². The van der Waals surface area contributed by atoms with Gasteiger partial charge in [-0.05, 0) is 31.0 Å². The molecule has 1 amide bonds. The van der Waals surface area contributed by atoms with Crippen LogP contribution in [0.25, 0.3) is 5.76 Å². The molecule has 2 saturated heterocycles. The molecular formula is C25H26Cl2N2O4. The standard InChI is InChI=1S/C25H26Cl2N2O4/c1-16-3-5-17(6-4-16)23(30)21-22(19-8-7-18(26)15-20(19)27)29(25(32)24(21)31)10-2-9-28-11-13-33-14-12-28/h3-8,15,22,30H,2,9-14H2,1H3. The number of amides is 1. The summed E-state index contributed by atoms with van der Waals surface area (Å²) < 4.78 is 5.39. The van der Waals surface area contributed by atoms with Crippen LogP contribution in [0, 0.1) is 6.92 Å². The number of aliphatic hydroxyl groups is 1. The number of aliphatic hydroxyl groups excluding tert-OH is 1. The lowest BCUT2D eigenvalue weighted by Crippen LogP contribution is -2.39. The third-order valence-electron chi connectivity index (χ3n) is 6.10. The first-order valence-corrected chi connectivity index (χ1v) is 11.7. The van der Waals surface area contributed by atoms with Crippen LogP contribution in [0.1, 0.15) is 29.2 Å². The molecule has 1 N–H and O–H groups in total. The van der Waals surface area contributed by atoms with Gasteiger partial charge in [0.2, 0.25) is 0 Å². The Morgan fingerprint density at radius 3 is 2.42 bits per heavy atom. The molecule has 8 heteroatoms. The van der Waals surface area contributed by atoms with Crippen molar-refractivity contribution in [3.63, 3.8) is 0 Å². The Hall–Kier alpha value is -2.38. The molecule has 1 atom stereocenters. The highest BCUT2D eigenvalue weighted by Crippen LogP contribution is 2.42. The van der Waals surface area contributed by atoms with Crippen LogP contribution in [0.5, 0.6) is 0 Å². The fourth-order valence-electron chi connectivity index (χ4n) is 4.31. The monoisotopic (exact) mass is 488 g/mol. The Bertz CT molecular complexity index is 1080. The number of Topliss-reactive ketones (excluding diaryl/α,β-unsaturated/α-hetero) is 1. The molecule has 2 heterocycles. The highest BCUT2D eigenvalue weighted by Gasteiger charge is 2.46. The molecule has 0 aliphatic carbocycles. The average Bonchev–Trinajstić information content (AvgIpc) is 3.05. The van der Waals surface area contributed by atoms with E-state index in [1.165, 1.54) is 4.90 Å². The van der Waals surface area contributed by atoms with E-state index in [1.54, 1.807) is 30.3 Å². The van der Waals surface area contributed by atoms with Crippen LogP contribution in [0.4, 0.5) is 0 Å². The SMILES string of the molecule is Cc1ccc(C(O)=C2C(=O)C(=O)N(CCCN3CCOCC3)C2c2ccc(Cl)cc2Cl)cc1. The van der Waals surface area contributed by atoms with Crippen molar-refractivity contribution in [1.29, 1.82) is 0 Å². The van der Waals surface area contributed by atoms with Crippen molar-refractivity contribution < 1.29 is 19.4 Å². The first-order valence-electron chi connectivity index (χ1n) is 11.0. The molecule has 2 fully saturated rings. The van der Waals surface area contributed by atoms with Gasteiger partial charge in [0.25, 0.3) is 11.7 Å². The minimum absolute atomic E-state index is 0.0412. The van der Waals surface area contributed by atoms with Gasteiger partial charge in [0.15, 0.2) is 0 Å². The molecule has 2 aromatic carbocycles. The number of carbonyl (C=O) groups excluding carboxylic acids is 2. The summed E-state index contributed by atoms with van der Waals surface area (Å²) in [6.45, 7) is 6.16. The molecule has 0 spiro atoms. The predicted molar refractivity (Wildman–Crippen MR) is 129 cm³/mol. The van der Waals surface area contributed by atoms with Gasteiger partial charge in [-0.1, -0.05) is 59.1 Å². The minimum Gasteiger partial charge on any atom is -0.507 e. The van der Waals surface area contributed by atoms with E-state index in [4.69, 9.17) is 27.9 Å². The molecule has 33 heavy (non-hydrogen) atoms. The second-order valence-electron chi connectivity index (χ2n) is 8.33. The van der Waals surface area contributed by atoms with Crippen LogP contribution in [0.3, 0.4) is 0 Å². The van der Waals surface area contributed by atoms with E-state index in [2.05, 4.69) is 4.90 Å². The Balaban J connectivity index is 1.70. The summed E-state index contributed by atoms with van der Waals surface area (Å²) in [5, 5.41) is 11.9. The Kier molecular flexibility index (Phi) is 7.39. The summed E-state index contributed by atoms with van der Waals surface area (Å²) in [7, 11) is 0. The van der Waals surface area contributed by atoms with Crippen LogP contribution in [-0.2, 0) is 14.3 Å². The molecule has 2 aliphatic rings. The number of hydrogen-bond acceptors (Lipinski definition) is 5. The molecule has 0 bridgehead atoms. The van der Waals surface area contributed by atoms with Gasteiger partial charge in [0, 0.05) is 41.8 Å². The summed E-state index contributed by atoms with van der Waals surface area (Å²) in [6, 6.07) is 11.3. The Morgan fingerprint density at radius 2 is 1.76 bits per heavy atom. The fourth-order valence-corrected chi connectivity index (χ4v) is 4.83. The van der Waals surface area contributed by atoms with Crippen molar-refractivity contribution in [2.45, 2.75) is 19.4 Å². The number of benzene rings is 2. The van der Waals surface area contributed by atoms with Gasteiger partial charge < -0.3 is 14.7 Å². The topological polar surface area (TPSA) is 70.1 Å². The molecule has 2 aliphatic heterocycles. The summed E-state index contributed by atoms with van der Waals surface area (Å²) in [5.74, 6) is -1.56. The van der Waals surface area contributed by atoms with E-state index >= 15 is 0 Å². The van der Waals surface area contributed by atoms with E-state index in [9.17, 15) is 14.7 Å². The lowest BCUT2D eigenvalue weighted by atomic mass is 9.95. The fraction of sp³-hybridized carbons (Fsp3) is 0.360. The second kappa shape index (κ2) is 10.3. The minimum atomic E-state index is -0.791. The van der Waals surface area contributed by atoms with Crippen molar-refractivity contribution in [3.8, 4) is 0 Å². The summed E-state index contributed by atoms with van der Waals surface area (Å²) in [6.07, 6.45) is 0.680. The van der Waals surface area contributed by atoms with E-state index in [0.29, 0.717) is 47.4 Å². The van der Waals surface area contributed by atoms with Gasteiger partial charge in [-0.3, -0.25) is 14.5 Å². The third kappa shape index (κ3) is 5.09. The third-order valence-corrected chi connectivity index (χ3v) is 6.66. The highest BCUT2D eigenvalue weighted by molar-refractivity contribution is 6.47. The number of morpholine rings is 1. The van der Waals surface area contributed by atoms with Gasteiger partial charge in [-0.15, -0.1) is 0 Å². The molecule has 0 aromatic heterocycles. The summed E-state index contributed by atoms with van der Waals surface area (Å²) in [4.78, 5) is 30.0. The number of ether oxygens (including phenoxy) is 1. The molecule has 2 aromatic rings. The lowest BCUT2D eigenvalue weighted by Gasteiger charge is -2.29. The van der Waals surface area contributed by atoms with Gasteiger partial charge in [0.05, 0.1) is 24.8 Å². The van der Waals surface area contributed by atoms with Crippen molar-refractivity contribution in [3.05, 3.63) is 74.8 Å². The maximum absolute atomic E-state index is 13.1. The van der Waals surface area contributed by atoms with E-state index in [1.807, 2.05) is 19.1 Å². The normalized spacial score (nSPS) is 21.1. The molecule has 0 radical (unpaired) electrons. The lowest BCUT2D eigenvalue weighted by molar-refractivity contribution is -0.140. The number of ketones is 1. The van der Waals surface area contributed by atoms with Gasteiger partial charge in [-0.2, -0.15) is 0 Å².